The lowest BCUT2D eigenvalue weighted by Gasteiger charge is -2.39. The first-order chi connectivity index (χ1) is 9.90. The third kappa shape index (κ3) is 3.67. The quantitative estimate of drug-likeness (QED) is 0.849. The molecule has 2 saturated heterocycles. The molecule has 3 atom stereocenters. The summed E-state index contributed by atoms with van der Waals surface area (Å²) in [5.74, 6) is -0.370. The van der Waals surface area contributed by atoms with Crippen molar-refractivity contribution >= 4 is 12.0 Å². The molecule has 0 aromatic heterocycles. The summed E-state index contributed by atoms with van der Waals surface area (Å²) in [6.07, 6.45) is 2.86. The van der Waals surface area contributed by atoms with Crippen molar-refractivity contribution in [3.8, 4) is 0 Å². The Hall–Kier alpha value is -1.30. The van der Waals surface area contributed by atoms with Gasteiger partial charge < -0.3 is 19.8 Å². The Morgan fingerprint density at radius 2 is 2.00 bits per heavy atom. The molecule has 6 nitrogen and oxygen atoms in total. The van der Waals surface area contributed by atoms with E-state index in [1.54, 1.807) is 16.8 Å². The number of hydrogen-bond donors (Lipinski definition) is 1. The molecule has 0 radical (unpaired) electrons. The smallest absolute Gasteiger partial charge is 0.326 e. The summed E-state index contributed by atoms with van der Waals surface area (Å²) in [7, 11) is 3.88. The van der Waals surface area contributed by atoms with Gasteiger partial charge in [0, 0.05) is 26.7 Å². The van der Waals surface area contributed by atoms with Crippen LogP contribution in [0.4, 0.5) is 4.79 Å². The average molecular weight is 297 g/mol. The molecule has 120 valence electrons. The molecular weight excluding hydrogens is 270 g/mol. The van der Waals surface area contributed by atoms with Gasteiger partial charge in [0.15, 0.2) is 0 Å². The van der Waals surface area contributed by atoms with E-state index in [-0.39, 0.29) is 11.9 Å². The van der Waals surface area contributed by atoms with Crippen LogP contribution < -0.4 is 0 Å². The maximum absolute atomic E-state index is 12.6. The van der Waals surface area contributed by atoms with Gasteiger partial charge in [-0.05, 0) is 44.7 Å². The van der Waals surface area contributed by atoms with Crippen LogP contribution >= 0.6 is 0 Å². The first-order valence-electron chi connectivity index (χ1n) is 7.83. The number of carboxylic acids is 1. The Labute approximate surface area is 126 Å². The average Bonchev–Trinajstić information content (AvgIpc) is 2.82. The summed E-state index contributed by atoms with van der Waals surface area (Å²) in [5, 5.41) is 9.41. The van der Waals surface area contributed by atoms with Gasteiger partial charge in [-0.25, -0.2) is 9.59 Å². The van der Waals surface area contributed by atoms with E-state index in [1.807, 2.05) is 6.92 Å². The lowest BCUT2D eigenvalue weighted by Crippen LogP contribution is -2.55. The SMILES string of the molecule is CC1CCCN(C(=O)N(C)CC2CCN(C)C2)C1C(=O)O. The maximum Gasteiger partial charge on any atom is 0.326 e. The third-order valence-corrected chi connectivity index (χ3v) is 4.78. The normalized spacial score (nSPS) is 30.4. The van der Waals surface area contributed by atoms with E-state index < -0.39 is 12.0 Å². The van der Waals surface area contributed by atoms with E-state index in [4.69, 9.17) is 0 Å². The van der Waals surface area contributed by atoms with Gasteiger partial charge in [-0.3, -0.25) is 0 Å². The number of nitrogens with zero attached hydrogens (tertiary/aromatic N) is 3. The standard InChI is InChI=1S/C15H27N3O3/c1-11-5-4-7-18(13(11)14(19)20)15(21)17(3)10-12-6-8-16(2)9-12/h11-13H,4-10H2,1-3H3,(H,19,20). The first kappa shape index (κ1) is 16.1. The highest BCUT2D eigenvalue weighted by Crippen LogP contribution is 2.25. The van der Waals surface area contributed by atoms with Crippen molar-refractivity contribution in [3.63, 3.8) is 0 Å². The minimum atomic E-state index is -0.885. The van der Waals surface area contributed by atoms with Gasteiger partial charge in [0.05, 0.1) is 0 Å². The lowest BCUT2D eigenvalue weighted by atomic mass is 9.91. The fraction of sp³-hybridized carbons (Fsp3) is 0.867. The van der Waals surface area contributed by atoms with Gasteiger partial charge in [0.2, 0.25) is 0 Å². The van der Waals surface area contributed by atoms with Gasteiger partial charge in [-0.2, -0.15) is 0 Å². The van der Waals surface area contributed by atoms with Gasteiger partial charge in [-0.1, -0.05) is 6.92 Å². The van der Waals surface area contributed by atoms with Crippen LogP contribution in [0.1, 0.15) is 26.2 Å². The van der Waals surface area contributed by atoms with Crippen molar-refractivity contribution in [1.29, 1.82) is 0 Å². The summed E-state index contributed by atoms with van der Waals surface area (Å²) in [6.45, 7) is 5.27. The van der Waals surface area contributed by atoms with Crippen LogP contribution in [0.25, 0.3) is 0 Å². The number of carbonyl (C=O) groups is 2. The highest BCUT2D eigenvalue weighted by atomic mass is 16.4. The second-order valence-corrected chi connectivity index (χ2v) is 6.68. The molecule has 3 unspecified atom stereocenters. The summed E-state index contributed by atoms with van der Waals surface area (Å²) in [6, 6.07) is -0.816. The van der Waals surface area contributed by atoms with Crippen molar-refractivity contribution < 1.29 is 14.7 Å². The molecular formula is C15H27N3O3. The lowest BCUT2D eigenvalue weighted by molar-refractivity contribution is -0.145. The second kappa shape index (κ2) is 6.64. The first-order valence-corrected chi connectivity index (χ1v) is 7.83. The van der Waals surface area contributed by atoms with E-state index in [0.29, 0.717) is 19.0 Å². The molecule has 2 rings (SSSR count). The Balaban J connectivity index is 1.98. The summed E-state index contributed by atoms with van der Waals surface area (Å²) in [5.41, 5.74) is 0. The molecule has 2 aliphatic heterocycles. The molecule has 1 N–H and O–H groups in total. The van der Waals surface area contributed by atoms with Crippen LogP contribution in [-0.2, 0) is 4.79 Å². The maximum atomic E-state index is 12.6. The Bertz CT molecular complexity index is 402. The van der Waals surface area contributed by atoms with Gasteiger partial charge in [-0.15, -0.1) is 0 Å². The van der Waals surface area contributed by atoms with E-state index in [0.717, 1.165) is 32.4 Å². The van der Waals surface area contributed by atoms with Crippen LogP contribution in [0.15, 0.2) is 0 Å². The zero-order valence-electron chi connectivity index (χ0n) is 13.3. The Morgan fingerprint density at radius 3 is 2.57 bits per heavy atom. The van der Waals surface area contributed by atoms with Gasteiger partial charge in [0.25, 0.3) is 0 Å². The molecule has 21 heavy (non-hydrogen) atoms. The monoisotopic (exact) mass is 297 g/mol. The van der Waals surface area contributed by atoms with E-state index >= 15 is 0 Å². The predicted octanol–water partition coefficient (Wildman–Crippen LogP) is 1.18. The minimum Gasteiger partial charge on any atom is -0.480 e. The van der Waals surface area contributed by atoms with Crippen LogP contribution in [0.2, 0.25) is 0 Å². The highest BCUT2D eigenvalue weighted by molar-refractivity contribution is 5.83. The molecule has 0 aromatic rings. The molecule has 0 saturated carbocycles. The minimum absolute atomic E-state index is 0.0196. The number of rotatable bonds is 3. The number of amides is 2. The molecule has 2 fully saturated rings. The zero-order chi connectivity index (χ0) is 15.6. The van der Waals surface area contributed by atoms with Crippen molar-refractivity contribution in [1.82, 2.24) is 14.7 Å². The van der Waals surface area contributed by atoms with E-state index in [1.165, 1.54) is 0 Å². The highest BCUT2D eigenvalue weighted by Gasteiger charge is 2.38. The van der Waals surface area contributed by atoms with Gasteiger partial charge in [0.1, 0.15) is 6.04 Å². The number of aliphatic carboxylic acids is 1. The van der Waals surface area contributed by atoms with Crippen molar-refractivity contribution in [3.05, 3.63) is 0 Å². The molecule has 2 aliphatic rings. The van der Waals surface area contributed by atoms with Gasteiger partial charge >= 0.3 is 12.0 Å². The summed E-state index contributed by atoms with van der Waals surface area (Å²) in [4.78, 5) is 29.6. The fourth-order valence-corrected chi connectivity index (χ4v) is 3.64. The third-order valence-electron chi connectivity index (χ3n) is 4.78. The number of likely N-dealkylation sites (tertiary alicyclic amines) is 2. The van der Waals surface area contributed by atoms with E-state index in [2.05, 4.69) is 11.9 Å². The largest absolute Gasteiger partial charge is 0.480 e. The van der Waals surface area contributed by atoms with Crippen LogP contribution in [-0.4, -0.2) is 78.1 Å². The fourth-order valence-electron chi connectivity index (χ4n) is 3.64. The van der Waals surface area contributed by atoms with Crippen molar-refractivity contribution in [2.45, 2.75) is 32.2 Å². The second-order valence-electron chi connectivity index (χ2n) is 6.68. The summed E-state index contributed by atoms with van der Waals surface area (Å²) < 4.78 is 0. The molecule has 0 bridgehead atoms. The number of hydrogen-bond acceptors (Lipinski definition) is 3. The topological polar surface area (TPSA) is 64.1 Å². The zero-order valence-corrected chi connectivity index (χ0v) is 13.3. The number of carboxylic acid groups (broad SMARTS) is 1. The molecule has 0 aromatic carbocycles. The summed E-state index contributed by atoms with van der Waals surface area (Å²) >= 11 is 0. The molecule has 0 aliphatic carbocycles. The molecule has 2 amide bonds. The molecule has 2 heterocycles. The number of urea groups is 1. The van der Waals surface area contributed by atoms with E-state index in [9.17, 15) is 14.7 Å². The molecule has 0 spiro atoms. The number of piperidine rings is 1. The van der Waals surface area contributed by atoms with Crippen LogP contribution in [0, 0.1) is 11.8 Å². The Morgan fingerprint density at radius 1 is 1.29 bits per heavy atom. The molecule has 6 heteroatoms. The predicted molar refractivity (Wildman–Crippen MR) is 80.2 cm³/mol. The van der Waals surface area contributed by atoms with Crippen LogP contribution in [0.3, 0.4) is 0 Å². The Kier molecular flexibility index (Phi) is 5.08. The van der Waals surface area contributed by atoms with Crippen LogP contribution in [0.5, 0.6) is 0 Å². The van der Waals surface area contributed by atoms with Crippen molar-refractivity contribution in [2.24, 2.45) is 11.8 Å². The number of carbonyl (C=O) groups excluding carboxylic acids is 1. The van der Waals surface area contributed by atoms with Crippen molar-refractivity contribution in [2.75, 3.05) is 40.3 Å².